The van der Waals surface area contributed by atoms with Crippen LogP contribution in [0.15, 0.2) is 143 Å². The molecule has 0 saturated heterocycles. The zero-order valence-corrected chi connectivity index (χ0v) is 20.4. The molecule has 4 aliphatic carbocycles. The molecule has 0 N–H and O–H groups in total. The molecule has 2 nitrogen and oxygen atoms in total. The minimum atomic E-state index is -0.687. The molecule has 0 bridgehead atoms. The first kappa shape index (κ1) is 28.7. The average molecular weight is 524 g/mol. The van der Waals surface area contributed by atoms with Gasteiger partial charge in [-0.2, -0.15) is 0 Å². The van der Waals surface area contributed by atoms with Crippen LogP contribution in [0.4, 0.5) is 17.6 Å². The summed E-state index contributed by atoms with van der Waals surface area (Å²) in [5, 5.41) is 0. The van der Waals surface area contributed by atoms with Gasteiger partial charge in [-0.15, -0.1) is 35.8 Å². The van der Waals surface area contributed by atoms with Crippen LogP contribution in [0.2, 0.25) is 0 Å². The van der Waals surface area contributed by atoms with Gasteiger partial charge in [-0.3, -0.25) is 22.9 Å². The van der Waals surface area contributed by atoms with Crippen LogP contribution in [-0.2, 0) is 21.7 Å². The summed E-state index contributed by atoms with van der Waals surface area (Å²) in [4.78, 5) is 0. The Bertz CT molecular complexity index is 1400. The molecule has 0 aliphatic heterocycles. The van der Waals surface area contributed by atoms with Gasteiger partial charge in [0.15, 0.2) is 0 Å². The minimum absolute atomic E-state index is 0. The van der Waals surface area contributed by atoms with E-state index < -0.39 is 23.3 Å². The molecule has 0 saturated carbocycles. The van der Waals surface area contributed by atoms with Crippen molar-refractivity contribution in [1.29, 1.82) is 0 Å². The van der Waals surface area contributed by atoms with Gasteiger partial charge >= 0.3 is 21.7 Å². The van der Waals surface area contributed by atoms with Gasteiger partial charge in [-0.1, -0.05) is 73.4 Å². The van der Waals surface area contributed by atoms with Gasteiger partial charge in [0.25, 0.3) is 0 Å². The minimum Gasteiger partial charge on any atom is -0.416 e. The molecular formula is C30H12F4N2Ti. The monoisotopic (exact) mass is 524 g/mol. The summed E-state index contributed by atoms with van der Waals surface area (Å²) in [6, 6.07) is 7.66. The van der Waals surface area contributed by atoms with Gasteiger partial charge in [0.05, 0.1) is 11.7 Å². The van der Waals surface area contributed by atoms with Crippen LogP contribution < -0.4 is 0 Å². The van der Waals surface area contributed by atoms with Crippen molar-refractivity contribution in [2.24, 2.45) is 0 Å². The second-order valence-corrected chi connectivity index (χ2v) is 6.44. The van der Waals surface area contributed by atoms with E-state index in [-0.39, 0.29) is 21.7 Å². The number of aromatic nitrogens is 2. The van der Waals surface area contributed by atoms with Crippen LogP contribution in [0, 0.1) is 36.4 Å². The molecule has 7 heteroatoms. The van der Waals surface area contributed by atoms with E-state index in [9.17, 15) is 17.6 Å². The first-order valence-corrected chi connectivity index (χ1v) is 10.1. The summed E-state index contributed by atoms with van der Waals surface area (Å²) in [6.07, 6.45) is 21.8. The third-order valence-corrected chi connectivity index (χ3v) is 4.07. The predicted molar refractivity (Wildman–Crippen MR) is 124 cm³/mol. The summed E-state index contributed by atoms with van der Waals surface area (Å²) in [6.45, 7) is 0. The number of hydrogen-bond donors (Lipinski definition) is 0. The Labute approximate surface area is 226 Å². The molecule has 0 spiro atoms. The fourth-order valence-corrected chi connectivity index (χ4v) is 2.57. The van der Waals surface area contributed by atoms with Gasteiger partial charge in [0.2, 0.25) is 0 Å². The molecule has 6 rings (SSSR count). The fourth-order valence-electron chi connectivity index (χ4n) is 2.57. The third kappa shape index (κ3) is 9.53. The fraction of sp³-hybridized carbons (Fsp3) is 0. The molecule has 0 atom stereocenters. The summed E-state index contributed by atoms with van der Waals surface area (Å²) in [5.74, 6) is -2.74. The quantitative estimate of drug-likeness (QED) is 0.178. The molecule has 2 radical (unpaired) electrons. The van der Waals surface area contributed by atoms with Gasteiger partial charge in [-0.25, -0.2) is 29.0 Å². The van der Waals surface area contributed by atoms with Crippen LogP contribution >= 0.6 is 0 Å². The van der Waals surface area contributed by atoms with Crippen LogP contribution in [0.3, 0.4) is 0 Å². The van der Waals surface area contributed by atoms with Gasteiger partial charge in [0.1, 0.15) is 11.7 Å². The van der Waals surface area contributed by atoms with E-state index in [1.807, 2.05) is 11.5 Å². The molecule has 2 aromatic heterocycles. The SMILES string of the molecule is FC1=C=C(F)[C-](n2cccc2)C=C1.FC1=C=C(F)[C-](n2cccc2)C=C1.[C]1=C=C=C=[C-]1.[C]1=C=C=C=[C-]1.[Ti+4]. The zero-order valence-electron chi connectivity index (χ0n) is 18.8. The maximum absolute atomic E-state index is 13.1. The number of halogens is 4. The van der Waals surface area contributed by atoms with Crippen molar-refractivity contribution in [1.82, 2.24) is 9.13 Å². The Kier molecular flexibility index (Phi) is 11.9. The van der Waals surface area contributed by atoms with Gasteiger partial charge < -0.3 is 9.13 Å². The average Bonchev–Trinajstić information content (AvgIpc) is 3.69. The maximum Gasteiger partial charge on any atom is 4.00 e. The van der Waals surface area contributed by atoms with Crippen molar-refractivity contribution >= 4 is 0 Å². The van der Waals surface area contributed by atoms with Crippen molar-refractivity contribution in [2.75, 3.05) is 0 Å². The molecule has 2 aromatic rings. The topological polar surface area (TPSA) is 9.86 Å². The predicted octanol–water partition coefficient (Wildman–Crippen LogP) is 6.74. The summed E-state index contributed by atoms with van der Waals surface area (Å²) in [7, 11) is 0. The van der Waals surface area contributed by atoms with Crippen molar-refractivity contribution in [3.8, 4) is 0 Å². The normalized spacial score (nSPS) is 14.1. The Balaban J connectivity index is 0.000000187. The largest absolute Gasteiger partial charge is 4.00 e. The number of hydrogen-bond acceptors (Lipinski definition) is 0. The standard InChI is InChI=1S/2C10H6F2N.2C5.Ti/c2*11-8-3-4-10(9(12)7-8)13-5-1-2-6-13;2*1-2-4-5-3-1;/h2*1-6H;;;/q4*-1;+4. The second kappa shape index (κ2) is 15.4. The molecule has 0 fully saturated rings. The molecule has 0 aromatic carbocycles. The molecule has 174 valence electrons. The Morgan fingerprint density at radius 2 is 0.973 bits per heavy atom. The summed E-state index contributed by atoms with van der Waals surface area (Å²) < 4.78 is 54.3. The molecule has 0 unspecified atom stereocenters. The van der Waals surface area contributed by atoms with E-state index in [2.05, 4.69) is 58.7 Å². The Morgan fingerprint density at radius 1 is 0.595 bits per heavy atom. The van der Waals surface area contributed by atoms with Crippen LogP contribution in [0.5, 0.6) is 0 Å². The zero-order chi connectivity index (χ0) is 25.6. The van der Waals surface area contributed by atoms with E-state index in [1.54, 1.807) is 58.2 Å². The second-order valence-electron chi connectivity index (χ2n) is 6.44. The summed E-state index contributed by atoms with van der Waals surface area (Å²) in [5.41, 5.74) is 18.9. The van der Waals surface area contributed by atoms with Crippen molar-refractivity contribution in [3.63, 3.8) is 0 Å². The van der Waals surface area contributed by atoms with Crippen LogP contribution in [0.1, 0.15) is 0 Å². The Hall–Kier alpha value is -4.59. The van der Waals surface area contributed by atoms with Gasteiger partial charge in [-0.05, 0) is 0 Å². The van der Waals surface area contributed by atoms with E-state index in [1.165, 1.54) is 24.3 Å². The Morgan fingerprint density at radius 3 is 1.22 bits per heavy atom. The van der Waals surface area contributed by atoms with Gasteiger partial charge in [0, 0.05) is 12.1 Å². The summed E-state index contributed by atoms with van der Waals surface area (Å²) >= 11 is 0. The van der Waals surface area contributed by atoms with Crippen molar-refractivity contribution in [3.05, 3.63) is 179 Å². The number of rotatable bonds is 2. The van der Waals surface area contributed by atoms with E-state index >= 15 is 0 Å². The third-order valence-electron chi connectivity index (χ3n) is 4.07. The molecule has 0 amide bonds. The molecule has 4 aliphatic rings. The first-order valence-electron chi connectivity index (χ1n) is 10.1. The van der Waals surface area contributed by atoms with Crippen LogP contribution in [0.25, 0.3) is 0 Å². The van der Waals surface area contributed by atoms with E-state index in [0.29, 0.717) is 12.1 Å². The maximum atomic E-state index is 13.1. The van der Waals surface area contributed by atoms with Crippen LogP contribution in [-0.4, -0.2) is 9.13 Å². The molecule has 37 heavy (non-hydrogen) atoms. The molecular weight excluding hydrogens is 512 g/mol. The number of nitrogens with zero attached hydrogens (tertiary/aromatic N) is 2. The smallest absolute Gasteiger partial charge is 0.416 e. The number of allylic oxidation sites excluding steroid dienone is 10. The first-order chi connectivity index (χ1) is 17.5. The van der Waals surface area contributed by atoms with E-state index in [4.69, 9.17) is 0 Å². The van der Waals surface area contributed by atoms with Crippen molar-refractivity contribution in [2.45, 2.75) is 0 Å². The van der Waals surface area contributed by atoms with E-state index in [0.717, 1.165) is 0 Å². The van der Waals surface area contributed by atoms with Crippen molar-refractivity contribution < 1.29 is 39.3 Å². The molecule has 2 heterocycles.